The summed E-state index contributed by atoms with van der Waals surface area (Å²) in [5.41, 5.74) is 14.0. The van der Waals surface area contributed by atoms with Crippen LogP contribution in [0, 0.1) is 0 Å². The number of thiophene rings is 1. The monoisotopic (exact) mass is 296 g/mol. The van der Waals surface area contributed by atoms with E-state index in [0.717, 1.165) is 20.5 Å². The van der Waals surface area contributed by atoms with Crippen LogP contribution in [0.1, 0.15) is 22.0 Å². The SMILES string of the molecule is NCc1cccc(C(N)c2cc(Br)cs2)c1. The highest BCUT2D eigenvalue weighted by Crippen LogP contribution is 2.28. The summed E-state index contributed by atoms with van der Waals surface area (Å²) in [5.74, 6) is 0. The fourth-order valence-electron chi connectivity index (χ4n) is 1.57. The fraction of sp³-hybridized carbons (Fsp3) is 0.167. The van der Waals surface area contributed by atoms with Crippen molar-refractivity contribution in [3.05, 3.63) is 56.2 Å². The van der Waals surface area contributed by atoms with Crippen molar-refractivity contribution in [1.29, 1.82) is 0 Å². The Hall–Kier alpha value is -0.680. The second-order valence-corrected chi connectivity index (χ2v) is 5.45. The van der Waals surface area contributed by atoms with E-state index in [0.29, 0.717) is 6.54 Å². The first kappa shape index (κ1) is 11.8. The molecule has 0 fully saturated rings. The van der Waals surface area contributed by atoms with Gasteiger partial charge in [0.05, 0.1) is 6.04 Å². The zero-order valence-corrected chi connectivity index (χ0v) is 11.1. The van der Waals surface area contributed by atoms with Gasteiger partial charge in [0, 0.05) is 21.3 Å². The topological polar surface area (TPSA) is 52.0 Å². The van der Waals surface area contributed by atoms with E-state index in [1.807, 2.05) is 23.6 Å². The Labute approximate surface area is 107 Å². The maximum Gasteiger partial charge on any atom is 0.0646 e. The summed E-state index contributed by atoms with van der Waals surface area (Å²) in [6, 6.07) is 10.1. The molecule has 16 heavy (non-hydrogen) atoms. The smallest absolute Gasteiger partial charge is 0.0646 e. The molecular formula is C12H13BrN2S. The lowest BCUT2D eigenvalue weighted by Gasteiger charge is -2.11. The molecule has 0 saturated carbocycles. The van der Waals surface area contributed by atoms with Crippen molar-refractivity contribution in [2.75, 3.05) is 0 Å². The molecule has 84 valence electrons. The van der Waals surface area contributed by atoms with Gasteiger partial charge in [0.25, 0.3) is 0 Å². The van der Waals surface area contributed by atoms with Crippen molar-refractivity contribution in [2.45, 2.75) is 12.6 Å². The van der Waals surface area contributed by atoms with Gasteiger partial charge in [-0.2, -0.15) is 0 Å². The van der Waals surface area contributed by atoms with Crippen LogP contribution in [0.5, 0.6) is 0 Å². The minimum Gasteiger partial charge on any atom is -0.326 e. The van der Waals surface area contributed by atoms with Crippen LogP contribution in [0.25, 0.3) is 0 Å². The first-order valence-electron chi connectivity index (χ1n) is 4.99. The average molecular weight is 297 g/mol. The largest absolute Gasteiger partial charge is 0.326 e. The minimum absolute atomic E-state index is 0.0669. The standard InChI is InChI=1S/C12H13BrN2S/c13-10-5-11(16-7-10)12(15)9-3-1-2-8(4-9)6-14/h1-5,7,12H,6,14-15H2. The van der Waals surface area contributed by atoms with Crippen LogP contribution in [-0.4, -0.2) is 0 Å². The molecule has 4 heteroatoms. The molecule has 1 aromatic carbocycles. The molecule has 0 spiro atoms. The summed E-state index contributed by atoms with van der Waals surface area (Å²) in [7, 11) is 0. The third kappa shape index (κ3) is 2.52. The van der Waals surface area contributed by atoms with E-state index in [2.05, 4.69) is 28.1 Å². The van der Waals surface area contributed by atoms with Gasteiger partial charge in [-0.1, -0.05) is 24.3 Å². The maximum atomic E-state index is 6.20. The maximum absolute atomic E-state index is 6.20. The molecule has 0 aliphatic carbocycles. The Balaban J connectivity index is 2.29. The number of benzene rings is 1. The highest BCUT2D eigenvalue weighted by molar-refractivity contribution is 9.10. The van der Waals surface area contributed by atoms with Crippen molar-refractivity contribution >= 4 is 27.3 Å². The van der Waals surface area contributed by atoms with Gasteiger partial charge in [-0.3, -0.25) is 0 Å². The summed E-state index contributed by atoms with van der Waals surface area (Å²) in [5, 5.41) is 2.04. The van der Waals surface area contributed by atoms with Crippen LogP contribution in [-0.2, 0) is 6.54 Å². The van der Waals surface area contributed by atoms with Crippen molar-refractivity contribution < 1.29 is 0 Å². The molecule has 2 aromatic rings. The highest BCUT2D eigenvalue weighted by atomic mass is 79.9. The molecule has 4 N–H and O–H groups in total. The average Bonchev–Trinajstić information content (AvgIpc) is 2.75. The van der Waals surface area contributed by atoms with E-state index < -0.39 is 0 Å². The Bertz CT molecular complexity index is 481. The highest BCUT2D eigenvalue weighted by Gasteiger charge is 2.11. The second-order valence-electron chi connectivity index (χ2n) is 3.59. The predicted molar refractivity (Wildman–Crippen MR) is 72.4 cm³/mol. The molecule has 0 saturated heterocycles. The Morgan fingerprint density at radius 1 is 1.31 bits per heavy atom. The van der Waals surface area contributed by atoms with E-state index in [1.165, 1.54) is 0 Å². The Kier molecular flexibility index (Phi) is 3.76. The summed E-state index contributed by atoms with van der Waals surface area (Å²) in [4.78, 5) is 1.15. The molecule has 0 aliphatic heterocycles. The van der Waals surface area contributed by atoms with Gasteiger partial charge in [0.1, 0.15) is 0 Å². The van der Waals surface area contributed by atoms with Crippen molar-refractivity contribution in [3.63, 3.8) is 0 Å². The van der Waals surface area contributed by atoms with Gasteiger partial charge in [-0.25, -0.2) is 0 Å². The zero-order valence-electron chi connectivity index (χ0n) is 8.69. The molecule has 0 amide bonds. The van der Waals surface area contributed by atoms with Gasteiger partial charge in [-0.05, 0) is 33.1 Å². The molecular weight excluding hydrogens is 284 g/mol. The van der Waals surface area contributed by atoms with Crippen LogP contribution in [0.2, 0.25) is 0 Å². The number of hydrogen-bond donors (Lipinski definition) is 2. The molecule has 1 unspecified atom stereocenters. The number of halogens is 1. The first-order valence-corrected chi connectivity index (χ1v) is 6.66. The van der Waals surface area contributed by atoms with Crippen molar-refractivity contribution in [2.24, 2.45) is 11.5 Å². The van der Waals surface area contributed by atoms with Gasteiger partial charge < -0.3 is 11.5 Å². The van der Waals surface area contributed by atoms with Crippen LogP contribution in [0.4, 0.5) is 0 Å². The van der Waals surface area contributed by atoms with Crippen LogP contribution in [0.15, 0.2) is 40.2 Å². The summed E-state index contributed by atoms with van der Waals surface area (Å²) in [6.07, 6.45) is 0. The van der Waals surface area contributed by atoms with E-state index in [9.17, 15) is 0 Å². The molecule has 2 nitrogen and oxygen atoms in total. The quantitative estimate of drug-likeness (QED) is 0.915. The molecule has 1 heterocycles. The summed E-state index contributed by atoms with van der Waals surface area (Å²) >= 11 is 5.10. The van der Waals surface area contributed by atoms with Crippen LogP contribution >= 0.6 is 27.3 Å². The molecule has 1 aromatic heterocycles. The number of hydrogen-bond acceptors (Lipinski definition) is 3. The zero-order chi connectivity index (χ0) is 11.5. The van der Waals surface area contributed by atoms with Gasteiger partial charge in [-0.15, -0.1) is 11.3 Å². The molecule has 0 aliphatic rings. The van der Waals surface area contributed by atoms with E-state index in [-0.39, 0.29) is 6.04 Å². The van der Waals surface area contributed by atoms with Gasteiger partial charge >= 0.3 is 0 Å². The van der Waals surface area contributed by atoms with Crippen molar-refractivity contribution in [3.8, 4) is 0 Å². The lowest BCUT2D eigenvalue weighted by Crippen LogP contribution is -2.10. The Morgan fingerprint density at radius 3 is 2.75 bits per heavy atom. The van der Waals surface area contributed by atoms with Crippen LogP contribution in [0.3, 0.4) is 0 Å². The minimum atomic E-state index is -0.0669. The Morgan fingerprint density at radius 2 is 2.12 bits per heavy atom. The molecule has 0 radical (unpaired) electrons. The third-order valence-corrected chi connectivity index (χ3v) is 4.22. The lowest BCUT2D eigenvalue weighted by atomic mass is 10.0. The summed E-state index contributed by atoms with van der Waals surface area (Å²) in [6.45, 7) is 0.550. The van der Waals surface area contributed by atoms with Crippen LogP contribution < -0.4 is 11.5 Å². The fourth-order valence-corrected chi connectivity index (χ4v) is 3.04. The number of rotatable bonds is 3. The normalized spacial score (nSPS) is 12.7. The van der Waals surface area contributed by atoms with E-state index >= 15 is 0 Å². The van der Waals surface area contributed by atoms with E-state index in [1.54, 1.807) is 11.3 Å². The second kappa shape index (κ2) is 5.10. The van der Waals surface area contributed by atoms with Crippen molar-refractivity contribution in [1.82, 2.24) is 0 Å². The predicted octanol–water partition coefficient (Wildman–Crippen LogP) is 3.02. The first-order chi connectivity index (χ1) is 7.70. The third-order valence-electron chi connectivity index (χ3n) is 2.44. The van der Waals surface area contributed by atoms with Gasteiger partial charge in [0.15, 0.2) is 0 Å². The number of nitrogens with two attached hydrogens (primary N) is 2. The molecule has 0 bridgehead atoms. The summed E-state index contributed by atoms with van der Waals surface area (Å²) < 4.78 is 1.08. The molecule has 2 rings (SSSR count). The van der Waals surface area contributed by atoms with E-state index in [4.69, 9.17) is 11.5 Å². The molecule has 1 atom stereocenters. The lowest BCUT2D eigenvalue weighted by molar-refractivity contribution is 0.886. The van der Waals surface area contributed by atoms with Gasteiger partial charge in [0.2, 0.25) is 0 Å².